The van der Waals surface area contributed by atoms with Crippen molar-refractivity contribution < 1.29 is 48.0 Å². The Morgan fingerprint density at radius 2 is 1.41 bits per heavy atom. The molecule has 0 saturated carbocycles. The average molecular weight is 515 g/mol. The van der Waals surface area contributed by atoms with Gasteiger partial charge < -0.3 is 24.8 Å². The minimum Gasteiger partial charge on any atom is -1.00 e. The summed E-state index contributed by atoms with van der Waals surface area (Å²) in [5.41, 5.74) is 7.75. The SMILES string of the molecule is CC1=C(Pc2ccccc2)c2ccccc2[CH]1[Zr+2][CH]1C=Cc2ccccc21.[Cl-].[Cl-]. The van der Waals surface area contributed by atoms with Crippen LogP contribution in [0.2, 0.25) is 0 Å². The van der Waals surface area contributed by atoms with Crippen molar-refractivity contribution >= 4 is 25.3 Å². The van der Waals surface area contributed by atoms with Gasteiger partial charge in [0.1, 0.15) is 0 Å². The van der Waals surface area contributed by atoms with Gasteiger partial charge in [-0.25, -0.2) is 0 Å². The molecule has 0 aromatic heterocycles. The zero-order chi connectivity index (χ0) is 18.2. The maximum absolute atomic E-state index is 2.48. The van der Waals surface area contributed by atoms with E-state index in [-0.39, 0.29) is 24.8 Å². The van der Waals surface area contributed by atoms with Crippen molar-refractivity contribution in [2.45, 2.75) is 14.2 Å². The van der Waals surface area contributed by atoms with Gasteiger partial charge in [0, 0.05) is 0 Å². The van der Waals surface area contributed by atoms with E-state index < -0.39 is 23.2 Å². The summed E-state index contributed by atoms with van der Waals surface area (Å²) in [6.45, 7) is 2.40. The number of rotatable bonds is 4. The van der Waals surface area contributed by atoms with Gasteiger partial charge >= 0.3 is 175 Å². The summed E-state index contributed by atoms with van der Waals surface area (Å²) in [4.78, 5) is 0. The number of fused-ring (bicyclic) bond motifs is 2. The third kappa shape index (κ3) is 4.40. The van der Waals surface area contributed by atoms with Crippen LogP contribution in [0.4, 0.5) is 0 Å². The van der Waals surface area contributed by atoms with Gasteiger partial charge in [0.2, 0.25) is 0 Å². The summed E-state index contributed by atoms with van der Waals surface area (Å²) < 4.78 is 1.38. The van der Waals surface area contributed by atoms with Crippen LogP contribution in [0.15, 0.2) is 90.5 Å². The second-order valence-electron chi connectivity index (χ2n) is 7.20. The summed E-state index contributed by atoms with van der Waals surface area (Å²) in [5.74, 6) is 0. The first-order valence-corrected chi connectivity index (χ1v) is 13.3. The Bertz CT molecular complexity index is 1060. The molecule has 3 aromatic carbocycles. The zero-order valence-electron chi connectivity index (χ0n) is 16.1. The summed E-state index contributed by atoms with van der Waals surface area (Å²) >= 11 is -0.704. The molecule has 0 heterocycles. The van der Waals surface area contributed by atoms with Crippen LogP contribution < -0.4 is 30.1 Å². The van der Waals surface area contributed by atoms with Crippen molar-refractivity contribution in [3.8, 4) is 0 Å². The van der Waals surface area contributed by atoms with Crippen LogP contribution in [-0.4, -0.2) is 0 Å². The summed E-state index contributed by atoms with van der Waals surface area (Å²) in [7, 11) is 0.757. The van der Waals surface area contributed by atoms with Crippen LogP contribution in [0.25, 0.3) is 11.4 Å². The monoisotopic (exact) mass is 512 g/mol. The molecule has 0 spiro atoms. The Morgan fingerprint density at radius 3 is 2.21 bits per heavy atom. The molecule has 0 radical (unpaired) electrons. The van der Waals surface area contributed by atoms with Crippen LogP contribution in [0.5, 0.6) is 0 Å². The Morgan fingerprint density at radius 1 is 0.759 bits per heavy atom. The van der Waals surface area contributed by atoms with Crippen molar-refractivity contribution in [3.63, 3.8) is 0 Å². The first kappa shape index (κ1) is 22.7. The molecule has 0 N–H and O–H groups in total. The molecular weight excluding hydrogens is 493 g/mol. The van der Waals surface area contributed by atoms with Crippen LogP contribution in [-0.2, 0) is 23.2 Å². The van der Waals surface area contributed by atoms with E-state index in [9.17, 15) is 0 Å². The molecule has 0 aliphatic heterocycles. The van der Waals surface area contributed by atoms with E-state index in [0.717, 1.165) is 8.58 Å². The molecule has 3 unspecified atom stereocenters. The fourth-order valence-corrected chi connectivity index (χ4v) is 10.4. The summed E-state index contributed by atoms with van der Waals surface area (Å²) in [5, 5.41) is 3.04. The molecule has 0 amide bonds. The molecule has 0 bridgehead atoms. The van der Waals surface area contributed by atoms with Gasteiger partial charge in [0.05, 0.1) is 0 Å². The van der Waals surface area contributed by atoms with Crippen molar-refractivity contribution in [3.05, 3.63) is 113 Å². The smallest absolute Gasteiger partial charge is 1.00 e. The second kappa shape index (κ2) is 9.89. The van der Waals surface area contributed by atoms with E-state index in [2.05, 4.69) is 97.9 Å². The summed E-state index contributed by atoms with van der Waals surface area (Å²) in [6, 6.07) is 29.1. The number of benzene rings is 3. The maximum Gasteiger partial charge on any atom is -1.00 e. The van der Waals surface area contributed by atoms with Crippen LogP contribution in [0.3, 0.4) is 0 Å². The van der Waals surface area contributed by atoms with Gasteiger partial charge in [-0.15, -0.1) is 0 Å². The van der Waals surface area contributed by atoms with Crippen LogP contribution in [0, 0.1) is 0 Å². The van der Waals surface area contributed by atoms with E-state index >= 15 is 0 Å². The van der Waals surface area contributed by atoms with Gasteiger partial charge in [-0.2, -0.15) is 0 Å². The Hall–Kier alpha value is -0.967. The van der Waals surface area contributed by atoms with E-state index in [0.29, 0.717) is 7.25 Å². The van der Waals surface area contributed by atoms with E-state index in [4.69, 9.17) is 0 Å². The van der Waals surface area contributed by atoms with Gasteiger partial charge in [-0.1, -0.05) is 0 Å². The average Bonchev–Trinajstić information content (AvgIpc) is 3.24. The number of halogens is 2. The summed E-state index contributed by atoms with van der Waals surface area (Å²) in [6.07, 6.45) is 4.82. The third-order valence-electron chi connectivity index (χ3n) is 5.56. The van der Waals surface area contributed by atoms with Gasteiger partial charge in [0.25, 0.3) is 0 Å². The Labute approximate surface area is 199 Å². The van der Waals surface area contributed by atoms with Crippen LogP contribution in [0.1, 0.15) is 36.4 Å². The van der Waals surface area contributed by atoms with E-state index in [1.165, 1.54) is 16.4 Å². The predicted molar refractivity (Wildman–Crippen MR) is 114 cm³/mol. The molecule has 5 rings (SSSR count). The predicted octanol–water partition coefficient (Wildman–Crippen LogP) is 0.335. The number of hydrogen-bond donors (Lipinski definition) is 0. The molecule has 144 valence electrons. The quantitative estimate of drug-likeness (QED) is 0.441. The molecule has 0 saturated heterocycles. The molecule has 0 nitrogen and oxygen atoms in total. The topological polar surface area (TPSA) is 0 Å². The van der Waals surface area contributed by atoms with Crippen molar-refractivity contribution in [1.82, 2.24) is 0 Å². The maximum atomic E-state index is 2.48. The Kier molecular flexibility index (Phi) is 7.75. The van der Waals surface area contributed by atoms with Gasteiger partial charge in [0.15, 0.2) is 0 Å². The first-order chi connectivity index (χ1) is 13.3. The zero-order valence-corrected chi connectivity index (χ0v) is 21.0. The van der Waals surface area contributed by atoms with Gasteiger partial charge in [-0.3, -0.25) is 0 Å². The molecular formula is C25H21Cl2PZr. The van der Waals surface area contributed by atoms with Gasteiger partial charge in [-0.05, 0) is 0 Å². The first-order valence-electron chi connectivity index (χ1n) is 9.46. The third-order valence-corrected chi connectivity index (χ3v) is 11.9. The van der Waals surface area contributed by atoms with Crippen molar-refractivity contribution in [2.24, 2.45) is 0 Å². The molecule has 3 aromatic rings. The number of hydrogen-bond acceptors (Lipinski definition) is 0. The Balaban J connectivity index is 0.00000120. The van der Waals surface area contributed by atoms with Crippen LogP contribution >= 0.6 is 8.58 Å². The van der Waals surface area contributed by atoms with Crippen molar-refractivity contribution in [2.75, 3.05) is 0 Å². The van der Waals surface area contributed by atoms with E-state index in [1.54, 1.807) is 22.0 Å². The molecule has 4 heteroatoms. The minimum absolute atomic E-state index is 0. The molecule has 0 fully saturated rings. The molecule has 2 aliphatic carbocycles. The molecule has 3 atom stereocenters. The fraction of sp³-hybridized carbons (Fsp3) is 0.120. The fourth-order valence-electron chi connectivity index (χ4n) is 4.19. The van der Waals surface area contributed by atoms with Crippen molar-refractivity contribution in [1.29, 1.82) is 0 Å². The standard InChI is InChI=1S/C16H14P.C9H7.2ClH.Zr/c1-12-11-13-7-5-6-10-15(13)16(12)17-14-8-3-2-4-9-14;1-2-5-9-7-3-6-8(9)4-1;;;/h2-11,17H,1H3;1-7H;2*1H;/q;;;;+2/p-2. The molecule has 2 aliphatic rings. The number of allylic oxidation sites excluding steroid dienone is 2. The van der Waals surface area contributed by atoms with E-state index in [1.807, 2.05) is 0 Å². The largest absolute Gasteiger partial charge is 1.00 e. The normalized spacial score (nSPS) is 18.8. The minimum atomic E-state index is -0.704. The second-order valence-corrected chi connectivity index (χ2v) is 12.3. The molecule has 29 heavy (non-hydrogen) atoms.